The molecule has 2 rings (SSSR count). The number of hydrogen-bond acceptors (Lipinski definition) is 5. The molecule has 0 aliphatic heterocycles. The number of aromatic nitrogens is 2. The van der Waals surface area contributed by atoms with Crippen molar-refractivity contribution in [1.82, 2.24) is 14.1 Å². The lowest BCUT2D eigenvalue weighted by atomic mass is 10.2. The Labute approximate surface area is 142 Å². The number of nitrogens with zero attached hydrogens (tertiary/aromatic N) is 3. The first-order valence-corrected chi connectivity index (χ1v) is 8.97. The minimum absolute atomic E-state index is 0.214. The van der Waals surface area contributed by atoms with Gasteiger partial charge in [-0.1, -0.05) is 6.92 Å². The molecule has 24 heavy (non-hydrogen) atoms. The van der Waals surface area contributed by atoms with Crippen molar-refractivity contribution in [1.29, 1.82) is 0 Å². The first kappa shape index (κ1) is 18.3. The quantitative estimate of drug-likeness (QED) is 0.761. The second-order valence-corrected chi connectivity index (χ2v) is 7.33. The standard InChI is InChI=1S/C16H23N3O4S/c1-6-19(11-13-9-17-18(3)10-13)24(20,21)16-8-15(23-5)14(22-4)7-12(16)2/h7-10H,6,11H2,1-5H3. The maximum atomic E-state index is 13.1. The normalized spacial score (nSPS) is 11.8. The zero-order chi connectivity index (χ0) is 17.9. The van der Waals surface area contributed by atoms with Crippen molar-refractivity contribution in [3.8, 4) is 11.5 Å². The maximum Gasteiger partial charge on any atom is 0.243 e. The predicted octanol–water partition coefficient (Wildman–Crippen LogP) is 1.96. The van der Waals surface area contributed by atoms with Gasteiger partial charge in [-0.15, -0.1) is 0 Å². The van der Waals surface area contributed by atoms with Crippen LogP contribution in [0, 0.1) is 6.92 Å². The highest BCUT2D eigenvalue weighted by Gasteiger charge is 2.27. The van der Waals surface area contributed by atoms with E-state index in [1.165, 1.54) is 24.6 Å². The van der Waals surface area contributed by atoms with Crippen LogP contribution in [0.3, 0.4) is 0 Å². The smallest absolute Gasteiger partial charge is 0.243 e. The van der Waals surface area contributed by atoms with Crippen LogP contribution in [0.15, 0.2) is 29.4 Å². The molecule has 0 unspecified atom stereocenters. The molecule has 8 heteroatoms. The summed E-state index contributed by atoms with van der Waals surface area (Å²) in [7, 11) is 1.13. The van der Waals surface area contributed by atoms with Crippen molar-refractivity contribution in [3.63, 3.8) is 0 Å². The number of benzene rings is 1. The zero-order valence-corrected chi connectivity index (χ0v) is 15.4. The summed E-state index contributed by atoms with van der Waals surface area (Å²) in [5.41, 5.74) is 1.44. The Morgan fingerprint density at radius 3 is 2.33 bits per heavy atom. The molecule has 0 N–H and O–H groups in total. The van der Waals surface area contributed by atoms with Crippen LogP contribution >= 0.6 is 0 Å². The van der Waals surface area contributed by atoms with Crippen LogP contribution < -0.4 is 9.47 Å². The molecule has 0 amide bonds. The molecule has 0 spiro atoms. The van der Waals surface area contributed by atoms with Crippen molar-refractivity contribution in [2.75, 3.05) is 20.8 Å². The molecule has 132 valence electrons. The summed E-state index contributed by atoms with van der Waals surface area (Å²) in [6.45, 7) is 4.17. The van der Waals surface area contributed by atoms with Crippen LogP contribution in [0.5, 0.6) is 11.5 Å². The monoisotopic (exact) mass is 353 g/mol. The number of rotatable bonds is 7. The van der Waals surface area contributed by atoms with Crippen molar-refractivity contribution in [3.05, 3.63) is 35.7 Å². The first-order chi connectivity index (χ1) is 11.3. The van der Waals surface area contributed by atoms with Gasteiger partial charge in [0.05, 0.1) is 25.3 Å². The van der Waals surface area contributed by atoms with Crippen molar-refractivity contribution < 1.29 is 17.9 Å². The van der Waals surface area contributed by atoms with E-state index in [2.05, 4.69) is 5.10 Å². The third-order valence-corrected chi connectivity index (χ3v) is 5.83. The minimum atomic E-state index is -3.67. The van der Waals surface area contributed by atoms with Gasteiger partial charge in [0.2, 0.25) is 10.0 Å². The fraction of sp³-hybridized carbons (Fsp3) is 0.438. The van der Waals surface area contributed by atoms with E-state index in [0.29, 0.717) is 23.6 Å². The highest BCUT2D eigenvalue weighted by molar-refractivity contribution is 7.89. The average Bonchev–Trinajstić information content (AvgIpc) is 2.96. The molecule has 2 aromatic rings. The average molecular weight is 353 g/mol. The highest BCUT2D eigenvalue weighted by Crippen LogP contribution is 2.33. The van der Waals surface area contributed by atoms with Crippen LogP contribution in [0.4, 0.5) is 0 Å². The van der Waals surface area contributed by atoms with Gasteiger partial charge in [0, 0.05) is 38.0 Å². The van der Waals surface area contributed by atoms with E-state index in [1.807, 2.05) is 6.92 Å². The van der Waals surface area contributed by atoms with Gasteiger partial charge in [0.25, 0.3) is 0 Å². The van der Waals surface area contributed by atoms with E-state index in [9.17, 15) is 8.42 Å². The van der Waals surface area contributed by atoms with Crippen molar-refractivity contribution >= 4 is 10.0 Å². The Morgan fingerprint density at radius 2 is 1.83 bits per heavy atom. The predicted molar refractivity (Wildman–Crippen MR) is 90.8 cm³/mol. The van der Waals surface area contributed by atoms with Gasteiger partial charge >= 0.3 is 0 Å². The zero-order valence-electron chi connectivity index (χ0n) is 14.6. The first-order valence-electron chi connectivity index (χ1n) is 7.53. The minimum Gasteiger partial charge on any atom is -0.493 e. The second kappa shape index (κ2) is 7.23. The van der Waals surface area contributed by atoms with Gasteiger partial charge in [0.15, 0.2) is 11.5 Å². The van der Waals surface area contributed by atoms with Crippen LogP contribution in [-0.4, -0.2) is 43.3 Å². The van der Waals surface area contributed by atoms with E-state index in [0.717, 1.165) is 5.56 Å². The maximum absolute atomic E-state index is 13.1. The van der Waals surface area contributed by atoms with Gasteiger partial charge in [-0.2, -0.15) is 9.40 Å². The second-order valence-electron chi connectivity index (χ2n) is 5.43. The van der Waals surface area contributed by atoms with Gasteiger partial charge in [-0.25, -0.2) is 8.42 Å². The molecule has 0 fully saturated rings. The Balaban J connectivity index is 2.43. The fourth-order valence-electron chi connectivity index (χ4n) is 2.50. The lowest BCUT2D eigenvalue weighted by Crippen LogP contribution is -2.30. The van der Waals surface area contributed by atoms with E-state index >= 15 is 0 Å². The molecule has 0 radical (unpaired) electrons. The SMILES string of the molecule is CCN(Cc1cnn(C)c1)S(=O)(=O)c1cc(OC)c(OC)cc1C. The van der Waals surface area contributed by atoms with E-state index in [4.69, 9.17) is 9.47 Å². The molecule has 1 aromatic heterocycles. The molecule has 1 heterocycles. The summed E-state index contributed by atoms with van der Waals surface area (Å²) in [5.74, 6) is 0.892. The topological polar surface area (TPSA) is 73.7 Å². The molecule has 0 saturated heterocycles. The van der Waals surface area contributed by atoms with Gasteiger partial charge in [-0.3, -0.25) is 4.68 Å². The summed E-state index contributed by atoms with van der Waals surface area (Å²) < 4.78 is 39.7. The Bertz CT molecular complexity index is 815. The highest BCUT2D eigenvalue weighted by atomic mass is 32.2. The number of ether oxygens (including phenoxy) is 2. The van der Waals surface area contributed by atoms with Gasteiger partial charge in [0.1, 0.15) is 0 Å². The molecule has 0 atom stereocenters. The van der Waals surface area contributed by atoms with Crippen LogP contribution in [0.2, 0.25) is 0 Å². The number of hydrogen-bond donors (Lipinski definition) is 0. The molecule has 0 saturated carbocycles. The van der Waals surface area contributed by atoms with Crippen LogP contribution in [0.25, 0.3) is 0 Å². The number of aryl methyl sites for hydroxylation is 2. The summed E-state index contributed by atoms with van der Waals surface area (Å²) in [6.07, 6.45) is 3.47. The molecular formula is C16H23N3O4S. The van der Waals surface area contributed by atoms with Crippen molar-refractivity contribution in [2.24, 2.45) is 7.05 Å². The van der Waals surface area contributed by atoms with Crippen LogP contribution in [0.1, 0.15) is 18.1 Å². The largest absolute Gasteiger partial charge is 0.493 e. The van der Waals surface area contributed by atoms with E-state index in [-0.39, 0.29) is 11.4 Å². The van der Waals surface area contributed by atoms with Crippen molar-refractivity contribution in [2.45, 2.75) is 25.3 Å². The molecule has 7 nitrogen and oxygen atoms in total. The van der Waals surface area contributed by atoms with E-state index in [1.54, 1.807) is 37.1 Å². The van der Waals surface area contributed by atoms with Gasteiger partial charge < -0.3 is 9.47 Å². The van der Waals surface area contributed by atoms with Crippen LogP contribution in [-0.2, 0) is 23.6 Å². The lowest BCUT2D eigenvalue weighted by molar-refractivity contribution is 0.353. The molecule has 1 aromatic carbocycles. The van der Waals surface area contributed by atoms with Gasteiger partial charge in [-0.05, 0) is 18.6 Å². The molecule has 0 bridgehead atoms. The Kier molecular flexibility index (Phi) is 5.51. The third kappa shape index (κ3) is 3.54. The Hall–Kier alpha value is -2.06. The lowest BCUT2D eigenvalue weighted by Gasteiger charge is -2.22. The number of sulfonamides is 1. The molecule has 0 aliphatic carbocycles. The fourth-order valence-corrected chi connectivity index (χ4v) is 4.16. The summed E-state index contributed by atoms with van der Waals surface area (Å²) in [4.78, 5) is 0.214. The summed E-state index contributed by atoms with van der Waals surface area (Å²) in [6, 6.07) is 3.18. The molecular weight excluding hydrogens is 330 g/mol. The Morgan fingerprint density at radius 1 is 1.21 bits per heavy atom. The summed E-state index contributed by atoms with van der Waals surface area (Å²) >= 11 is 0. The number of methoxy groups -OCH3 is 2. The third-order valence-electron chi connectivity index (χ3n) is 3.77. The van der Waals surface area contributed by atoms with E-state index < -0.39 is 10.0 Å². The molecule has 0 aliphatic rings. The summed E-state index contributed by atoms with van der Waals surface area (Å²) in [5, 5.41) is 4.09.